The number of ether oxygens (including phenoxy) is 1. The number of nitrogens with zero attached hydrogens (tertiary/aromatic N) is 1. The zero-order chi connectivity index (χ0) is 14.5. The summed E-state index contributed by atoms with van der Waals surface area (Å²) in [5, 5.41) is 9.27. The molecule has 0 radical (unpaired) electrons. The zero-order valence-corrected chi connectivity index (χ0v) is 13.2. The third-order valence-electron chi connectivity index (χ3n) is 3.94. The van der Waals surface area contributed by atoms with Gasteiger partial charge >= 0.3 is 0 Å². The molecule has 3 unspecified atom stereocenters. The molecule has 2 rings (SSSR count). The van der Waals surface area contributed by atoms with Crippen LogP contribution in [0, 0.1) is 29.0 Å². The van der Waals surface area contributed by atoms with Crippen LogP contribution in [-0.4, -0.2) is 6.10 Å². The molecule has 20 heavy (non-hydrogen) atoms. The fraction of sp³-hybridized carbons (Fsp3) is 0.562. The summed E-state index contributed by atoms with van der Waals surface area (Å²) in [5.74, 6) is 0.885. The standard InChI is InChI=1S/C16H19BrFNO/c1-2-3-11-4-5-12(10-19)16(8-11)20-15-7-6-13(18)9-14(15)17/h6-7,9,11-12,16H,2-5,8H2,1H3. The van der Waals surface area contributed by atoms with Gasteiger partial charge in [-0.1, -0.05) is 19.8 Å². The molecule has 3 atom stereocenters. The summed E-state index contributed by atoms with van der Waals surface area (Å²) in [6.45, 7) is 2.18. The van der Waals surface area contributed by atoms with Gasteiger partial charge in [-0.3, -0.25) is 0 Å². The molecule has 1 aliphatic rings. The van der Waals surface area contributed by atoms with E-state index in [2.05, 4.69) is 28.9 Å². The molecule has 0 aromatic heterocycles. The van der Waals surface area contributed by atoms with Gasteiger partial charge in [-0.05, 0) is 59.3 Å². The second-order valence-corrected chi connectivity index (χ2v) is 6.29. The number of hydrogen-bond donors (Lipinski definition) is 0. The Kier molecular flexibility index (Phi) is 5.42. The minimum atomic E-state index is -0.298. The maximum atomic E-state index is 13.1. The van der Waals surface area contributed by atoms with Crippen LogP contribution in [0.3, 0.4) is 0 Å². The van der Waals surface area contributed by atoms with Crippen molar-refractivity contribution in [3.05, 3.63) is 28.5 Å². The summed E-state index contributed by atoms with van der Waals surface area (Å²) in [6, 6.07) is 6.75. The van der Waals surface area contributed by atoms with Crippen LogP contribution in [0.15, 0.2) is 22.7 Å². The Morgan fingerprint density at radius 2 is 2.25 bits per heavy atom. The van der Waals surface area contributed by atoms with E-state index in [4.69, 9.17) is 4.74 Å². The average molecular weight is 340 g/mol. The van der Waals surface area contributed by atoms with E-state index in [-0.39, 0.29) is 17.8 Å². The van der Waals surface area contributed by atoms with Crippen molar-refractivity contribution in [3.63, 3.8) is 0 Å². The van der Waals surface area contributed by atoms with Crippen molar-refractivity contribution in [3.8, 4) is 11.8 Å². The van der Waals surface area contributed by atoms with Crippen molar-refractivity contribution in [2.45, 2.75) is 45.1 Å². The third kappa shape index (κ3) is 3.73. The number of benzene rings is 1. The highest BCUT2D eigenvalue weighted by molar-refractivity contribution is 9.10. The van der Waals surface area contributed by atoms with E-state index in [1.807, 2.05) is 0 Å². The highest BCUT2D eigenvalue weighted by Crippen LogP contribution is 2.36. The van der Waals surface area contributed by atoms with Crippen LogP contribution in [0.5, 0.6) is 5.75 Å². The van der Waals surface area contributed by atoms with E-state index in [0.717, 1.165) is 25.7 Å². The molecule has 0 aliphatic heterocycles. The van der Waals surface area contributed by atoms with Crippen molar-refractivity contribution in [1.82, 2.24) is 0 Å². The van der Waals surface area contributed by atoms with Crippen LogP contribution >= 0.6 is 15.9 Å². The summed E-state index contributed by atoms with van der Waals surface area (Å²) >= 11 is 3.31. The number of halogens is 2. The molecule has 0 saturated heterocycles. The first-order valence-electron chi connectivity index (χ1n) is 7.15. The van der Waals surface area contributed by atoms with Gasteiger partial charge in [0.25, 0.3) is 0 Å². The lowest BCUT2D eigenvalue weighted by Gasteiger charge is -2.33. The van der Waals surface area contributed by atoms with Crippen LogP contribution < -0.4 is 4.74 Å². The van der Waals surface area contributed by atoms with Crippen molar-refractivity contribution >= 4 is 15.9 Å². The molecule has 1 aromatic rings. The third-order valence-corrected chi connectivity index (χ3v) is 4.56. The molecule has 1 aromatic carbocycles. The Morgan fingerprint density at radius 1 is 1.45 bits per heavy atom. The first kappa shape index (κ1) is 15.3. The van der Waals surface area contributed by atoms with Gasteiger partial charge in [-0.15, -0.1) is 0 Å². The first-order chi connectivity index (χ1) is 9.63. The number of nitriles is 1. The average Bonchev–Trinajstić information content (AvgIpc) is 2.43. The van der Waals surface area contributed by atoms with Gasteiger partial charge in [-0.2, -0.15) is 5.26 Å². The highest BCUT2D eigenvalue weighted by Gasteiger charge is 2.32. The van der Waals surface area contributed by atoms with Crippen LogP contribution in [0.2, 0.25) is 0 Å². The van der Waals surface area contributed by atoms with Gasteiger partial charge in [-0.25, -0.2) is 4.39 Å². The van der Waals surface area contributed by atoms with Crippen LogP contribution in [0.25, 0.3) is 0 Å². The van der Waals surface area contributed by atoms with Crippen LogP contribution in [0.4, 0.5) is 4.39 Å². The fourth-order valence-corrected chi connectivity index (χ4v) is 3.34. The Bertz CT molecular complexity index is 500. The van der Waals surface area contributed by atoms with Gasteiger partial charge in [0.05, 0.1) is 16.5 Å². The Hall–Kier alpha value is -1.08. The summed E-state index contributed by atoms with van der Waals surface area (Å²) in [5.41, 5.74) is 0. The maximum Gasteiger partial charge on any atom is 0.134 e. The monoisotopic (exact) mass is 339 g/mol. The predicted octanol–water partition coefficient (Wildman–Crippen LogP) is 5.08. The van der Waals surface area contributed by atoms with E-state index in [9.17, 15) is 9.65 Å². The Morgan fingerprint density at radius 3 is 2.90 bits per heavy atom. The molecule has 0 heterocycles. The topological polar surface area (TPSA) is 33.0 Å². The maximum absolute atomic E-state index is 13.1. The minimum Gasteiger partial charge on any atom is -0.488 e. The Balaban J connectivity index is 2.09. The van der Waals surface area contributed by atoms with Gasteiger partial charge in [0.15, 0.2) is 0 Å². The lowest BCUT2D eigenvalue weighted by Crippen LogP contribution is -2.33. The van der Waals surface area contributed by atoms with E-state index in [1.54, 1.807) is 6.07 Å². The molecule has 0 amide bonds. The Labute approximate surface area is 128 Å². The van der Waals surface area contributed by atoms with Crippen molar-refractivity contribution < 1.29 is 9.13 Å². The quantitative estimate of drug-likeness (QED) is 0.766. The van der Waals surface area contributed by atoms with Crippen molar-refractivity contribution in [1.29, 1.82) is 5.26 Å². The molecule has 0 N–H and O–H groups in total. The lowest BCUT2D eigenvalue weighted by atomic mass is 9.78. The van der Waals surface area contributed by atoms with Gasteiger partial charge in [0, 0.05) is 0 Å². The molecule has 4 heteroatoms. The minimum absolute atomic E-state index is 0.0694. The SMILES string of the molecule is CCCC1CCC(C#N)C(Oc2ccc(F)cc2Br)C1. The molecule has 1 saturated carbocycles. The summed E-state index contributed by atoms with van der Waals surface area (Å²) in [4.78, 5) is 0. The van der Waals surface area contributed by atoms with Gasteiger partial charge in [0.2, 0.25) is 0 Å². The molecule has 2 nitrogen and oxygen atoms in total. The molecule has 0 bridgehead atoms. The van der Waals surface area contributed by atoms with Crippen LogP contribution in [0.1, 0.15) is 39.0 Å². The summed E-state index contributed by atoms with van der Waals surface area (Å²) < 4.78 is 19.7. The normalized spacial score (nSPS) is 26.0. The summed E-state index contributed by atoms with van der Waals surface area (Å²) in [7, 11) is 0. The molecule has 1 fully saturated rings. The van der Waals surface area contributed by atoms with E-state index < -0.39 is 0 Å². The first-order valence-corrected chi connectivity index (χ1v) is 7.94. The largest absolute Gasteiger partial charge is 0.488 e. The van der Waals surface area contributed by atoms with E-state index in [0.29, 0.717) is 16.1 Å². The molecule has 0 spiro atoms. The zero-order valence-electron chi connectivity index (χ0n) is 11.6. The van der Waals surface area contributed by atoms with E-state index >= 15 is 0 Å². The fourth-order valence-electron chi connectivity index (χ4n) is 2.89. The molecular weight excluding hydrogens is 321 g/mol. The second-order valence-electron chi connectivity index (χ2n) is 5.43. The summed E-state index contributed by atoms with van der Waals surface area (Å²) in [6.07, 6.45) is 5.17. The number of rotatable bonds is 4. The van der Waals surface area contributed by atoms with Gasteiger partial charge < -0.3 is 4.74 Å². The van der Waals surface area contributed by atoms with Gasteiger partial charge in [0.1, 0.15) is 17.7 Å². The molecule has 1 aliphatic carbocycles. The molecule has 108 valence electrons. The highest BCUT2D eigenvalue weighted by atomic mass is 79.9. The second kappa shape index (κ2) is 7.08. The molecular formula is C16H19BrFNO. The number of hydrogen-bond acceptors (Lipinski definition) is 2. The van der Waals surface area contributed by atoms with Crippen LogP contribution in [-0.2, 0) is 0 Å². The van der Waals surface area contributed by atoms with Crippen molar-refractivity contribution in [2.24, 2.45) is 11.8 Å². The van der Waals surface area contributed by atoms with E-state index in [1.165, 1.54) is 18.6 Å². The predicted molar refractivity (Wildman–Crippen MR) is 79.9 cm³/mol. The lowest BCUT2D eigenvalue weighted by molar-refractivity contribution is 0.0867. The smallest absolute Gasteiger partial charge is 0.134 e. The van der Waals surface area contributed by atoms with Crippen molar-refractivity contribution in [2.75, 3.05) is 0 Å².